The van der Waals surface area contributed by atoms with Crippen molar-refractivity contribution < 1.29 is 19.1 Å². The Labute approximate surface area is 186 Å². The Morgan fingerprint density at radius 2 is 1.66 bits per heavy atom. The molecule has 0 unspecified atom stereocenters. The second-order valence-electron chi connectivity index (χ2n) is 6.87. The second-order valence-corrected chi connectivity index (χ2v) is 6.87. The van der Waals surface area contributed by atoms with Gasteiger partial charge in [0.05, 0.1) is 14.2 Å². The molecule has 0 saturated heterocycles. The van der Waals surface area contributed by atoms with Crippen LogP contribution >= 0.6 is 0 Å². The lowest BCUT2D eigenvalue weighted by Gasteiger charge is -2.13. The van der Waals surface area contributed by atoms with E-state index < -0.39 is 11.8 Å². The predicted octanol–water partition coefficient (Wildman–Crippen LogP) is 3.37. The summed E-state index contributed by atoms with van der Waals surface area (Å²) in [6.45, 7) is 0.212. The molecular formula is C25H25N3O4. The van der Waals surface area contributed by atoms with Gasteiger partial charge in [0.15, 0.2) is 0 Å². The first-order chi connectivity index (χ1) is 15.5. The molecule has 0 bridgehead atoms. The third kappa shape index (κ3) is 5.66. The number of nitrogens with two attached hydrogens (primary N) is 1. The van der Waals surface area contributed by atoms with E-state index in [0.717, 1.165) is 5.56 Å². The zero-order valence-corrected chi connectivity index (χ0v) is 17.9. The molecule has 2 amide bonds. The third-order valence-electron chi connectivity index (χ3n) is 4.76. The number of methoxy groups -OCH3 is 2. The van der Waals surface area contributed by atoms with Crippen LogP contribution < -0.4 is 25.8 Å². The van der Waals surface area contributed by atoms with E-state index in [4.69, 9.17) is 15.2 Å². The van der Waals surface area contributed by atoms with E-state index in [1.54, 1.807) is 61.7 Å². The van der Waals surface area contributed by atoms with Gasteiger partial charge in [0.25, 0.3) is 11.8 Å². The van der Waals surface area contributed by atoms with Crippen molar-refractivity contribution in [1.82, 2.24) is 10.6 Å². The molecule has 32 heavy (non-hydrogen) atoms. The lowest BCUT2D eigenvalue weighted by Crippen LogP contribution is -2.34. The van der Waals surface area contributed by atoms with Crippen LogP contribution in [-0.2, 0) is 11.3 Å². The van der Waals surface area contributed by atoms with Gasteiger partial charge in [-0.3, -0.25) is 9.59 Å². The molecule has 0 aliphatic rings. The molecule has 0 spiro atoms. The van der Waals surface area contributed by atoms with Crippen LogP contribution in [0.3, 0.4) is 0 Å². The van der Waals surface area contributed by atoms with E-state index in [-0.39, 0.29) is 12.2 Å². The minimum atomic E-state index is -0.463. The molecule has 7 nitrogen and oxygen atoms in total. The maximum atomic E-state index is 13.0. The largest absolute Gasteiger partial charge is 0.497 e. The first-order valence-corrected chi connectivity index (χ1v) is 9.93. The fourth-order valence-corrected chi connectivity index (χ4v) is 3.00. The molecule has 0 aromatic heterocycles. The van der Waals surface area contributed by atoms with Gasteiger partial charge in [0.2, 0.25) is 0 Å². The van der Waals surface area contributed by atoms with Crippen LogP contribution in [0.2, 0.25) is 0 Å². The molecule has 164 valence electrons. The number of hydrogen-bond acceptors (Lipinski definition) is 5. The number of carbonyl (C=O) groups is 2. The van der Waals surface area contributed by atoms with Crippen molar-refractivity contribution in [2.45, 2.75) is 6.54 Å². The number of nitrogens with one attached hydrogen (secondary N) is 2. The molecule has 3 aromatic rings. The Morgan fingerprint density at radius 3 is 2.34 bits per heavy atom. The number of anilines is 1. The Balaban J connectivity index is 1.90. The summed E-state index contributed by atoms with van der Waals surface area (Å²) < 4.78 is 10.6. The number of amides is 2. The fourth-order valence-electron chi connectivity index (χ4n) is 3.00. The van der Waals surface area contributed by atoms with Crippen molar-refractivity contribution >= 4 is 23.6 Å². The normalized spacial score (nSPS) is 10.9. The topological polar surface area (TPSA) is 103 Å². The Bertz CT molecular complexity index is 1130. The van der Waals surface area contributed by atoms with E-state index in [2.05, 4.69) is 10.6 Å². The minimum absolute atomic E-state index is 0.0665. The highest BCUT2D eigenvalue weighted by atomic mass is 16.5. The van der Waals surface area contributed by atoms with Gasteiger partial charge < -0.3 is 25.8 Å². The molecule has 0 atom stereocenters. The number of ether oxygens (including phenoxy) is 2. The molecule has 0 heterocycles. The number of nitrogen functional groups attached to an aromatic ring is 1. The Morgan fingerprint density at radius 1 is 0.938 bits per heavy atom. The summed E-state index contributed by atoms with van der Waals surface area (Å²) in [7, 11) is 3.07. The average molecular weight is 431 g/mol. The smallest absolute Gasteiger partial charge is 0.268 e. The summed E-state index contributed by atoms with van der Waals surface area (Å²) in [5.41, 5.74) is 8.41. The van der Waals surface area contributed by atoms with Crippen LogP contribution in [-0.4, -0.2) is 26.0 Å². The quantitative estimate of drug-likeness (QED) is 0.375. The molecule has 4 N–H and O–H groups in total. The molecule has 0 saturated carbocycles. The number of hydrogen-bond donors (Lipinski definition) is 3. The highest BCUT2D eigenvalue weighted by molar-refractivity contribution is 6.05. The van der Waals surface area contributed by atoms with E-state index in [1.165, 1.54) is 7.11 Å². The molecular weight excluding hydrogens is 406 g/mol. The summed E-state index contributed by atoms with van der Waals surface area (Å²) in [6, 6.07) is 21.1. The van der Waals surface area contributed by atoms with Crippen molar-refractivity contribution in [3.05, 3.63) is 95.2 Å². The van der Waals surface area contributed by atoms with Crippen molar-refractivity contribution in [2.24, 2.45) is 0 Å². The highest BCUT2D eigenvalue weighted by Gasteiger charge is 2.16. The molecule has 0 aliphatic heterocycles. The van der Waals surface area contributed by atoms with Gasteiger partial charge in [0, 0.05) is 29.4 Å². The van der Waals surface area contributed by atoms with Crippen molar-refractivity contribution in [1.29, 1.82) is 0 Å². The number of para-hydroxylation sites is 1. The van der Waals surface area contributed by atoms with Gasteiger partial charge >= 0.3 is 0 Å². The lowest BCUT2D eigenvalue weighted by molar-refractivity contribution is -0.117. The Kier molecular flexibility index (Phi) is 7.48. The van der Waals surface area contributed by atoms with E-state index in [9.17, 15) is 9.59 Å². The summed E-state index contributed by atoms with van der Waals surface area (Å²) in [5, 5.41) is 5.51. The minimum Gasteiger partial charge on any atom is -0.497 e. The van der Waals surface area contributed by atoms with Crippen molar-refractivity contribution in [3.8, 4) is 11.5 Å². The maximum Gasteiger partial charge on any atom is 0.268 e. The molecule has 0 aliphatic carbocycles. The van der Waals surface area contributed by atoms with Gasteiger partial charge in [-0.05, 0) is 42.0 Å². The van der Waals surface area contributed by atoms with Crippen LogP contribution in [0.25, 0.3) is 6.08 Å². The third-order valence-corrected chi connectivity index (χ3v) is 4.76. The van der Waals surface area contributed by atoms with Crippen LogP contribution in [0.15, 0.2) is 78.5 Å². The SMILES string of the molecule is COc1ccc(/C=C(\NC(=O)c2ccccc2)C(=O)NCc2ccccc2N)c(OC)c1. The van der Waals surface area contributed by atoms with E-state index >= 15 is 0 Å². The molecule has 0 radical (unpaired) electrons. The van der Waals surface area contributed by atoms with Gasteiger partial charge in [-0.25, -0.2) is 0 Å². The Hall–Kier alpha value is -4.26. The number of benzene rings is 3. The van der Waals surface area contributed by atoms with Crippen molar-refractivity contribution in [3.63, 3.8) is 0 Å². The van der Waals surface area contributed by atoms with Crippen LogP contribution in [0.5, 0.6) is 11.5 Å². The van der Waals surface area contributed by atoms with Crippen LogP contribution in [0, 0.1) is 0 Å². The summed E-state index contributed by atoms with van der Waals surface area (Å²) in [6.07, 6.45) is 1.56. The van der Waals surface area contributed by atoms with E-state index in [0.29, 0.717) is 28.3 Å². The maximum absolute atomic E-state index is 13.0. The fraction of sp³-hybridized carbons (Fsp3) is 0.120. The number of rotatable bonds is 8. The summed E-state index contributed by atoms with van der Waals surface area (Å²) in [4.78, 5) is 25.8. The standard InChI is InChI=1S/C25H25N3O4/c1-31-20-13-12-18(23(15-20)32-2)14-22(28-24(29)17-8-4-3-5-9-17)25(30)27-16-19-10-6-7-11-21(19)26/h3-15H,16,26H2,1-2H3,(H,27,30)(H,28,29)/b22-14-. The summed E-state index contributed by atoms with van der Waals surface area (Å²) in [5.74, 6) is 0.239. The molecule has 7 heteroatoms. The second kappa shape index (κ2) is 10.7. The zero-order valence-electron chi connectivity index (χ0n) is 17.9. The molecule has 3 rings (SSSR count). The molecule has 3 aromatic carbocycles. The first-order valence-electron chi connectivity index (χ1n) is 9.93. The van der Waals surface area contributed by atoms with Gasteiger partial charge in [0.1, 0.15) is 17.2 Å². The van der Waals surface area contributed by atoms with Gasteiger partial charge in [-0.15, -0.1) is 0 Å². The van der Waals surface area contributed by atoms with Gasteiger partial charge in [-0.2, -0.15) is 0 Å². The zero-order chi connectivity index (χ0) is 22.9. The monoisotopic (exact) mass is 431 g/mol. The predicted molar refractivity (Wildman–Crippen MR) is 124 cm³/mol. The van der Waals surface area contributed by atoms with Crippen LogP contribution in [0.4, 0.5) is 5.69 Å². The van der Waals surface area contributed by atoms with Gasteiger partial charge in [-0.1, -0.05) is 36.4 Å². The highest BCUT2D eigenvalue weighted by Crippen LogP contribution is 2.26. The number of carbonyl (C=O) groups excluding carboxylic acids is 2. The van der Waals surface area contributed by atoms with Crippen molar-refractivity contribution in [2.75, 3.05) is 20.0 Å². The first kappa shape index (κ1) is 22.4. The lowest BCUT2D eigenvalue weighted by atomic mass is 10.1. The average Bonchev–Trinajstić information content (AvgIpc) is 2.83. The van der Waals surface area contributed by atoms with Crippen LogP contribution in [0.1, 0.15) is 21.5 Å². The summed E-state index contributed by atoms with van der Waals surface area (Å²) >= 11 is 0. The van der Waals surface area contributed by atoms with E-state index in [1.807, 2.05) is 24.3 Å². The molecule has 0 fully saturated rings.